The van der Waals surface area contributed by atoms with Crippen molar-refractivity contribution in [1.29, 1.82) is 5.41 Å². The molecule has 0 aliphatic carbocycles. The average Bonchev–Trinajstić information content (AvgIpc) is 2.01. The Bertz CT molecular complexity index is 270. The lowest BCUT2D eigenvalue weighted by molar-refractivity contribution is 0.997. The Morgan fingerprint density at radius 2 is 2.00 bits per heavy atom. The summed E-state index contributed by atoms with van der Waals surface area (Å²) in [5.41, 5.74) is 11.4. The molecule has 0 radical (unpaired) electrons. The van der Waals surface area contributed by atoms with E-state index in [1.54, 1.807) is 13.8 Å². The van der Waals surface area contributed by atoms with E-state index in [1.165, 1.54) is 6.20 Å². The lowest BCUT2D eigenvalue weighted by Crippen LogP contribution is -2.19. The van der Waals surface area contributed by atoms with Gasteiger partial charge in [0.05, 0.1) is 17.2 Å². The van der Waals surface area contributed by atoms with E-state index in [2.05, 4.69) is 16.9 Å². The summed E-state index contributed by atoms with van der Waals surface area (Å²) in [7, 11) is 0. The molecule has 72 valence electrons. The molecule has 0 heterocycles. The standard InChI is InChI=1S/C8H15N5/c1-4-12-8(13-6(3)10)7(11)5(2)9/h4,9,12H,1,11H2,2-3H3,(H2,10,13)/b8-7+,9-5?. The molecular formula is C8H15N5. The van der Waals surface area contributed by atoms with Gasteiger partial charge >= 0.3 is 0 Å². The van der Waals surface area contributed by atoms with E-state index < -0.39 is 0 Å². The van der Waals surface area contributed by atoms with Gasteiger partial charge < -0.3 is 22.2 Å². The molecule has 0 spiro atoms. The van der Waals surface area contributed by atoms with E-state index in [0.29, 0.717) is 11.7 Å². The molecule has 5 heteroatoms. The summed E-state index contributed by atoms with van der Waals surface area (Å²) in [6.45, 7) is 6.68. The number of allylic oxidation sites excluding steroid dienone is 1. The minimum Gasteiger partial charge on any atom is -0.394 e. The molecule has 0 amide bonds. The number of nitrogens with one attached hydrogen (secondary N) is 2. The molecule has 5 nitrogen and oxygen atoms in total. The Balaban J connectivity index is 4.99. The van der Waals surface area contributed by atoms with Crippen molar-refractivity contribution in [3.05, 3.63) is 24.3 Å². The zero-order chi connectivity index (χ0) is 10.4. The van der Waals surface area contributed by atoms with Crippen molar-refractivity contribution in [1.82, 2.24) is 5.32 Å². The Morgan fingerprint density at radius 3 is 2.31 bits per heavy atom. The predicted octanol–water partition coefficient (Wildman–Crippen LogP) is 0.264. The smallest absolute Gasteiger partial charge is 0.157 e. The molecule has 6 N–H and O–H groups in total. The maximum atomic E-state index is 7.29. The molecule has 0 unspecified atom stereocenters. The van der Waals surface area contributed by atoms with E-state index in [9.17, 15) is 0 Å². The number of amidine groups is 1. The maximum absolute atomic E-state index is 7.29. The molecular weight excluding hydrogens is 166 g/mol. The van der Waals surface area contributed by atoms with Gasteiger partial charge in [0.1, 0.15) is 0 Å². The van der Waals surface area contributed by atoms with Crippen molar-refractivity contribution in [2.75, 3.05) is 0 Å². The number of nitrogens with two attached hydrogens (primary N) is 2. The van der Waals surface area contributed by atoms with E-state index in [1.807, 2.05) is 0 Å². The third-order valence-corrected chi connectivity index (χ3v) is 1.19. The molecule has 0 aliphatic heterocycles. The quantitative estimate of drug-likeness (QED) is 0.370. The summed E-state index contributed by atoms with van der Waals surface area (Å²) in [5, 5.41) is 9.99. The SMILES string of the molecule is C=CNC(/N=C(\C)N)=C(\N)C(C)=N. The molecule has 0 bridgehead atoms. The molecule has 0 aromatic rings. The number of nitrogens with zero attached hydrogens (tertiary/aromatic N) is 1. The van der Waals surface area contributed by atoms with Gasteiger partial charge in [0, 0.05) is 0 Å². The third-order valence-electron chi connectivity index (χ3n) is 1.19. The number of hydrogen-bond acceptors (Lipinski definition) is 4. The highest BCUT2D eigenvalue weighted by atomic mass is 15.1. The van der Waals surface area contributed by atoms with Crippen molar-refractivity contribution in [3.8, 4) is 0 Å². The van der Waals surface area contributed by atoms with Gasteiger partial charge in [0.15, 0.2) is 5.82 Å². The minimum atomic E-state index is 0.231. The number of rotatable bonds is 4. The maximum Gasteiger partial charge on any atom is 0.157 e. The van der Waals surface area contributed by atoms with Crippen LogP contribution in [-0.2, 0) is 0 Å². The first kappa shape index (κ1) is 11.2. The molecule has 0 fully saturated rings. The fourth-order valence-electron chi connectivity index (χ4n) is 0.621. The molecule has 0 aliphatic rings. The van der Waals surface area contributed by atoms with E-state index in [4.69, 9.17) is 16.9 Å². The Labute approximate surface area is 77.7 Å². The number of aliphatic imine (C=N–C) groups is 1. The van der Waals surface area contributed by atoms with Crippen LogP contribution in [-0.4, -0.2) is 11.5 Å². The lowest BCUT2D eigenvalue weighted by atomic mass is 10.3. The van der Waals surface area contributed by atoms with Crippen molar-refractivity contribution < 1.29 is 0 Å². The Morgan fingerprint density at radius 1 is 1.46 bits per heavy atom. The van der Waals surface area contributed by atoms with Crippen LogP contribution < -0.4 is 16.8 Å². The lowest BCUT2D eigenvalue weighted by Gasteiger charge is -2.06. The molecule has 0 aromatic heterocycles. The van der Waals surface area contributed by atoms with Crippen LogP contribution >= 0.6 is 0 Å². The molecule has 0 rings (SSSR count). The van der Waals surface area contributed by atoms with Gasteiger partial charge in [-0.15, -0.1) is 0 Å². The van der Waals surface area contributed by atoms with Crippen molar-refractivity contribution in [2.24, 2.45) is 16.5 Å². The van der Waals surface area contributed by atoms with Gasteiger partial charge in [-0.2, -0.15) is 0 Å². The predicted molar refractivity (Wildman–Crippen MR) is 55.2 cm³/mol. The van der Waals surface area contributed by atoms with Crippen LogP contribution in [0.2, 0.25) is 0 Å². The van der Waals surface area contributed by atoms with Gasteiger partial charge in [-0.05, 0) is 20.0 Å². The molecule has 13 heavy (non-hydrogen) atoms. The number of hydrogen-bond donors (Lipinski definition) is 4. The van der Waals surface area contributed by atoms with Gasteiger partial charge in [0.2, 0.25) is 0 Å². The highest BCUT2D eigenvalue weighted by Crippen LogP contribution is 1.98. The first-order valence-corrected chi connectivity index (χ1v) is 3.72. The van der Waals surface area contributed by atoms with Gasteiger partial charge in [-0.1, -0.05) is 6.58 Å². The summed E-state index contributed by atoms with van der Waals surface area (Å²) in [4.78, 5) is 3.91. The van der Waals surface area contributed by atoms with Gasteiger partial charge in [0.25, 0.3) is 0 Å². The highest BCUT2D eigenvalue weighted by molar-refractivity contribution is 5.95. The highest BCUT2D eigenvalue weighted by Gasteiger charge is 2.02. The van der Waals surface area contributed by atoms with Gasteiger partial charge in [-0.25, -0.2) is 4.99 Å². The second-order valence-corrected chi connectivity index (χ2v) is 2.49. The normalized spacial score (nSPS) is 13.2. The van der Waals surface area contributed by atoms with Crippen LogP contribution in [0.1, 0.15) is 13.8 Å². The van der Waals surface area contributed by atoms with Crippen molar-refractivity contribution in [3.63, 3.8) is 0 Å². The first-order valence-electron chi connectivity index (χ1n) is 3.72. The Hall–Kier alpha value is -1.78. The third kappa shape index (κ3) is 3.95. The van der Waals surface area contributed by atoms with Crippen LogP contribution in [0.3, 0.4) is 0 Å². The summed E-state index contributed by atoms with van der Waals surface area (Å²) in [6, 6.07) is 0. The van der Waals surface area contributed by atoms with E-state index >= 15 is 0 Å². The van der Waals surface area contributed by atoms with Crippen LogP contribution in [0.15, 0.2) is 29.3 Å². The fourth-order valence-corrected chi connectivity index (χ4v) is 0.621. The largest absolute Gasteiger partial charge is 0.394 e. The fraction of sp³-hybridized carbons (Fsp3) is 0.250. The minimum absolute atomic E-state index is 0.231. The zero-order valence-electron chi connectivity index (χ0n) is 7.89. The second-order valence-electron chi connectivity index (χ2n) is 2.49. The topological polar surface area (TPSA) is 100 Å². The monoisotopic (exact) mass is 181 g/mol. The zero-order valence-corrected chi connectivity index (χ0v) is 7.89. The van der Waals surface area contributed by atoms with Crippen LogP contribution in [0.5, 0.6) is 0 Å². The first-order chi connectivity index (χ1) is 5.99. The van der Waals surface area contributed by atoms with Crippen LogP contribution in [0.25, 0.3) is 0 Å². The summed E-state index contributed by atoms with van der Waals surface area (Å²) in [5.74, 6) is 0.719. The van der Waals surface area contributed by atoms with Gasteiger partial charge in [-0.3, -0.25) is 0 Å². The van der Waals surface area contributed by atoms with Crippen LogP contribution in [0, 0.1) is 5.41 Å². The summed E-state index contributed by atoms with van der Waals surface area (Å²) >= 11 is 0. The average molecular weight is 181 g/mol. The van der Waals surface area contributed by atoms with Crippen LogP contribution in [0.4, 0.5) is 0 Å². The van der Waals surface area contributed by atoms with E-state index in [-0.39, 0.29) is 11.4 Å². The molecule has 0 saturated heterocycles. The molecule has 0 saturated carbocycles. The van der Waals surface area contributed by atoms with Crippen molar-refractivity contribution >= 4 is 11.5 Å². The van der Waals surface area contributed by atoms with E-state index in [0.717, 1.165) is 0 Å². The Kier molecular flexibility index (Phi) is 4.29. The molecule has 0 atom stereocenters. The summed E-state index contributed by atoms with van der Waals surface area (Å²) < 4.78 is 0. The second kappa shape index (κ2) is 4.97. The summed E-state index contributed by atoms with van der Waals surface area (Å²) in [6.07, 6.45) is 1.43. The molecule has 0 aromatic carbocycles. The van der Waals surface area contributed by atoms with Crippen molar-refractivity contribution in [2.45, 2.75) is 13.8 Å².